The van der Waals surface area contributed by atoms with E-state index >= 15 is 0 Å². The maximum absolute atomic E-state index is 12.6. The minimum Gasteiger partial charge on any atom is -0.508 e. The summed E-state index contributed by atoms with van der Waals surface area (Å²) in [6, 6.07) is 10.1. The number of ether oxygens (including phenoxy) is 1. The fourth-order valence-corrected chi connectivity index (χ4v) is 4.15. The highest BCUT2D eigenvalue weighted by Crippen LogP contribution is 2.26. The molecule has 33 heavy (non-hydrogen) atoms. The highest BCUT2D eigenvalue weighted by Gasteiger charge is 2.30. The van der Waals surface area contributed by atoms with E-state index in [0.29, 0.717) is 30.0 Å². The minimum atomic E-state index is -0.520. The van der Waals surface area contributed by atoms with Crippen molar-refractivity contribution in [2.75, 3.05) is 13.2 Å². The molecule has 3 heterocycles. The van der Waals surface area contributed by atoms with Crippen LogP contribution < -0.4 is 16.6 Å². The number of aromatic amines is 1. The Balaban J connectivity index is 1.31. The van der Waals surface area contributed by atoms with Crippen molar-refractivity contribution in [1.82, 2.24) is 20.2 Å². The number of benzene rings is 2. The lowest BCUT2D eigenvalue weighted by molar-refractivity contribution is -0.137. The van der Waals surface area contributed by atoms with E-state index in [4.69, 9.17) is 10.5 Å². The summed E-state index contributed by atoms with van der Waals surface area (Å²) in [7, 11) is 0. The normalized spacial score (nSPS) is 15.5. The van der Waals surface area contributed by atoms with Crippen LogP contribution in [-0.4, -0.2) is 45.0 Å². The van der Waals surface area contributed by atoms with E-state index in [1.165, 1.54) is 23.8 Å². The third-order valence-electron chi connectivity index (χ3n) is 5.81. The number of fused-ring (bicyclic) bond motifs is 2. The second-order valence-corrected chi connectivity index (χ2v) is 8.02. The number of esters is 1. The van der Waals surface area contributed by atoms with E-state index in [9.17, 15) is 19.5 Å². The number of nitrogens with one attached hydrogen (secondary N) is 2. The number of phenols is 1. The molecule has 1 amide bonds. The number of nitrogens with two attached hydrogens (primary N) is 1. The number of amides is 1. The molecule has 0 saturated carbocycles. The van der Waals surface area contributed by atoms with Gasteiger partial charge in [0, 0.05) is 19.6 Å². The Hall–Kier alpha value is -4.34. The van der Waals surface area contributed by atoms with Gasteiger partial charge < -0.3 is 30.8 Å². The molecule has 0 fully saturated rings. The van der Waals surface area contributed by atoms with Crippen molar-refractivity contribution in [3.8, 4) is 5.75 Å². The van der Waals surface area contributed by atoms with Gasteiger partial charge in [-0.25, -0.2) is 9.78 Å². The van der Waals surface area contributed by atoms with Crippen molar-refractivity contribution in [3.05, 3.63) is 80.7 Å². The van der Waals surface area contributed by atoms with Crippen molar-refractivity contribution >= 4 is 22.8 Å². The van der Waals surface area contributed by atoms with Gasteiger partial charge in [0.15, 0.2) is 5.82 Å². The number of aromatic hydroxyl groups is 1. The number of nitrogens with zero attached hydrogens (tertiary/aromatic N) is 2. The molecule has 10 nitrogen and oxygen atoms in total. The molecule has 5 N–H and O–H groups in total. The number of H-pyrrole nitrogens is 1. The quantitative estimate of drug-likeness (QED) is 0.426. The van der Waals surface area contributed by atoms with Crippen LogP contribution >= 0.6 is 0 Å². The lowest BCUT2D eigenvalue weighted by Gasteiger charge is -2.30. The van der Waals surface area contributed by atoms with Crippen LogP contribution in [0.3, 0.4) is 0 Å². The molecule has 0 spiro atoms. The molecule has 168 valence electrons. The number of hydrogen-bond donors (Lipinski definition) is 4. The summed E-state index contributed by atoms with van der Waals surface area (Å²) in [5, 5.41) is 12.5. The fraction of sp³-hybridized carbons (Fsp3) is 0.217. The van der Waals surface area contributed by atoms with Crippen LogP contribution in [0.4, 0.5) is 0 Å². The number of aromatic nitrogens is 2. The Bertz CT molecular complexity index is 1390. The molecule has 5 rings (SSSR count). The van der Waals surface area contributed by atoms with Crippen LogP contribution in [0.5, 0.6) is 5.75 Å². The van der Waals surface area contributed by atoms with Gasteiger partial charge in [0.2, 0.25) is 0 Å². The van der Waals surface area contributed by atoms with E-state index in [-0.39, 0.29) is 30.1 Å². The van der Waals surface area contributed by atoms with Gasteiger partial charge in [0.05, 0.1) is 16.6 Å². The zero-order chi connectivity index (χ0) is 23.1. The molecule has 3 aromatic rings. The summed E-state index contributed by atoms with van der Waals surface area (Å²) in [5.41, 5.74) is 9.71. The van der Waals surface area contributed by atoms with Crippen molar-refractivity contribution in [2.24, 2.45) is 5.73 Å². The van der Waals surface area contributed by atoms with E-state index < -0.39 is 17.4 Å². The number of carbonyl (C=O) groups excluding carboxylic acids is 2. The molecule has 2 aliphatic rings. The lowest BCUT2D eigenvalue weighted by Crippen LogP contribution is -2.33. The highest BCUT2D eigenvalue weighted by atomic mass is 16.5. The summed E-state index contributed by atoms with van der Waals surface area (Å²) in [5.74, 6) is -1.08. The molecular formula is C23H21N5O5. The van der Waals surface area contributed by atoms with Crippen molar-refractivity contribution in [2.45, 2.75) is 19.5 Å². The standard InChI is InChI=1S/C23H21N5O5/c24-17-11-33-23(32)19(17)28-6-5-13-2-1-12(7-14(13)10-28)9-25-22(31)20-26-18-4-3-15(29)8-16(18)21(30)27-20/h1-4,7-8,29H,5-6,9-11,24H2,(H,25,31)(H,26,27,30). The van der Waals surface area contributed by atoms with Gasteiger partial charge in [-0.2, -0.15) is 0 Å². The summed E-state index contributed by atoms with van der Waals surface area (Å²) in [6.07, 6.45) is 0.768. The average molecular weight is 447 g/mol. The van der Waals surface area contributed by atoms with Gasteiger partial charge in [0.1, 0.15) is 18.1 Å². The van der Waals surface area contributed by atoms with Gasteiger partial charge in [-0.3, -0.25) is 9.59 Å². The van der Waals surface area contributed by atoms with E-state index in [2.05, 4.69) is 15.3 Å². The zero-order valence-corrected chi connectivity index (χ0v) is 17.6. The Morgan fingerprint density at radius 2 is 2.06 bits per heavy atom. The molecule has 0 aliphatic carbocycles. The molecule has 1 aromatic heterocycles. The minimum absolute atomic E-state index is 0.0539. The van der Waals surface area contributed by atoms with Gasteiger partial charge in [-0.05, 0) is 41.3 Å². The lowest BCUT2D eigenvalue weighted by atomic mass is 9.97. The van der Waals surface area contributed by atoms with E-state index in [0.717, 1.165) is 17.5 Å². The predicted octanol–water partition coefficient (Wildman–Crippen LogP) is 0.644. The first-order chi connectivity index (χ1) is 15.9. The number of cyclic esters (lactones) is 1. The third-order valence-corrected chi connectivity index (χ3v) is 5.81. The topological polar surface area (TPSA) is 151 Å². The molecule has 0 bridgehead atoms. The monoisotopic (exact) mass is 447 g/mol. The van der Waals surface area contributed by atoms with Gasteiger partial charge in [0.25, 0.3) is 11.5 Å². The Morgan fingerprint density at radius 3 is 2.85 bits per heavy atom. The first kappa shape index (κ1) is 20.6. The van der Waals surface area contributed by atoms with Crippen molar-refractivity contribution in [3.63, 3.8) is 0 Å². The van der Waals surface area contributed by atoms with Crippen LogP contribution in [0.25, 0.3) is 10.9 Å². The summed E-state index contributed by atoms with van der Waals surface area (Å²) in [6.45, 7) is 1.55. The first-order valence-electron chi connectivity index (χ1n) is 10.4. The van der Waals surface area contributed by atoms with Crippen LogP contribution in [0, 0.1) is 0 Å². The maximum Gasteiger partial charge on any atom is 0.356 e. The molecule has 10 heteroatoms. The number of hydrogen-bond acceptors (Lipinski definition) is 8. The average Bonchev–Trinajstić information content (AvgIpc) is 3.15. The number of phenolic OH excluding ortho intramolecular Hbond substituents is 1. The second-order valence-electron chi connectivity index (χ2n) is 8.02. The molecule has 0 unspecified atom stereocenters. The summed E-state index contributed by atoms with van der Waals surface area (Å²) in [4.78, 5) is 45.4. The van der Waals surface area contributed by atoms with E-state index in [1.54, 1.807) is 0 Å². The van der Waals surface area contributed by atoms with Crippen LogP contribution in [0.15, 0.2) is 52.6 Å². The molecule has 0 atom stereocenters. The predicted molar refractivity (Wildman–Crippen MR) is 118 cm³/mol. The Labute approximate surface area is 187 Å². The smallest absolute Gasteiger partial charge is 0.356 e. The van der Waals surface area contributed by atoms with Crippen molar-refractivity contribution in [1.29, 1.82) is 0 Å². The summed E-state index contributed by atoms with van der Waals surface area (Å²) < 4.78 is 5.02. The molecule has 0 saturated heterocycles. The zero-order valence-electron chi connectivity index (χ0n) is 17.6. The number of carbonyl (C=O) groups is 2. The fourth-order valence-electron chi connectivity index (χ4n) is 4.15. The maximum atomic E-state index is 12.6. The molecular weight excluding hydrogens is 426 g/mol. The van der Waals surface area contributed by atoms with Crippen LogP contribution in [0.1, 0.15) is 27.3 Å². The van der Waals surface area contributed by atoms with E-state index in [1.807, 2.05) is 23.1 Å². The largest absolute Gasteiger partial charge is 0.508 e. The summed E-state index contributed by atoms with van der Waals surface area (Å²) >= 11 is 0. The van der Waals surface area contributed by atoms with Crippen LogP contribution in [-0.2, 0) is 29.0 Å². The Kier molecular flexibility index (Phi) is 4.97. The first-order valence-corrected chi connectivity index (χ1v) is 10.4. The van der Waals surface area contributed by atoms with Crippen LogP contribution in [0.2, 0.25) is 0 Å². The third kappa shape index (κ3) is 3.86. The highest BCUT2D eigenvalue weighted by molar-refractivity contribution is 5.93. The molecule has 2 aromatic carbocycles. The van der Waals surface area contributed by atoms with Gasteiger partial charge in [-0.1, -0.05) is 18.2 Å². The Morgan fingerprint density at radius 1 is 1.21 bits per heavy atom. The van der Waals surface area contributed by atoms with Gasteiger partial charge >= 0.3 is 5.97 Å². The second kappa shape index (κ2) is 7.97. The number of rotatable bonds is 4. The van der Waals surface area contributed by atoms with Gasteiger partial charge in [-0.15, -0.1) is 0 Å². The molecule has 2 aliphatic heterocycles. The SMILES string of the molecule is NC1=C(N2CCc3ccc(CNC(=O)c4nc5ccc(O)cc5c(=O)[nH]4)cc3C2)C(=O)OC1. The molecule has 0 radical (unpaired) electrons. The van der Waals surface area contributed by atoms with Crippen molar-refractivity contribution < 1.29 is 19.4 Å².